The summed E-state index contributed by atoms with van der Waals surface area (Å²) in [5.41, 5.74) is -0.839. The van der Waals surface area contributed by atoms with Crippen LogP contribution in [0, 0.1) is 5.92 Å². The molecule has 1 aromatic heterocycles. The fourth-order valence-electron chi connectivity index (χ4n) is 2.27. The molecule has 1 aliphatic rings. The van der Waals surface area contributed by atoms with Crippen LogP contribution in [0.25, 0.3) is 0 Å². The van der Waals surface area contributed by atoms with Crippen molar-refractivity contribution < 1.29 is 27.9 Å². The van der Waals surface area contributed by atoms with Gasteiger partial charge in [-0.1, -0.05) is 11.8 Å². The van der Waals surface area contributed by atoms with Crippen LogP contribution in [-0.4, -0.2) is 45.7 Å². The van der Waals surface area contributed by atoms with E-state index in [1.165, 1.54) is 11.0 Å². The molecular formula is C14H15F3N2O3S. The molecule has 1 aliphatic heterocycles. The molecule has 0 aromatic carbocycles. The summed E-state index contributed by atoms with van der Waals surface area (Å²) in [7, 11) is 0. The minimum Gasteiger partial charge on any atom is -0.481 e. The molecule has 0 unspecified atom stereocenters. The van der Waals surface area contributed by atoms with Crippen LogP contribution < -0.4 is 0 Å². The van der Waals surface area contributed by atoms with Crippen LogP contribution in [0.2, 0.25) is 0 Å². The number of amides is 1. The molecule has 1 amide bonds. The Morgan fingerprint density at radius 2 is 2.13 bits per heavy atom. The Morgan fingerprint density at radius 1 is 1.39 bits per heavy atom. The molecule has 2 rings (SSSR count). The number of hydrogen-bond acceptors (Lipinski definition) is 4. The second-order valence-electron chi connectivity index (χ2n) is 5.19. The Kier molecular flexibility index (Phi) is 5.51. The molecule has 1 saturated heterocycles. The number of hydrogen-bond donors (Lipinski definition) is 1. The smallest absolute Gasteiger partial charge is 0.417 e. The summed E-state index contributed by atoms with van der Waals surface area (Å²) in [5.74, 6) is -1.69. The quantitative estimate of drug-likeness (QED) is 0.847. The minimum atomic E-state index is -4.44. The lowest BCUT2D eigenvalue weighted by Crippen LogP contribution is -2.43. The summed E-state index contributed by atoms with van der Waals surface area (Å²) < 4.78 is 37.3. The number of nitrogens with zero attached hydrogens (tertiary/aromatic N) is 2. The van der Waals surface area contributed by atoms with Crippen LogP contribution in [0.1, 0.15) is 18.4 Å². The number of halogens is 3. The number of rotatable bonds is 4. The zero-order valence-electron chi connectivity index (χ0n) is 12.0. The average molecular weight is 348 g/mol. The van der Waals surface area contributed by atoms with Crippen molar-refractivity contribution in [1.82, 2.24) is 9.88 Å². The number of carbonyl (C=O) groups excluding carboxylic acids is 1. The maximum Gasteiger partial charge on any atom is 0.417 e. The van der Waals surface area contributed by atoms with Crippen LogP contribution >= 0.6 is 11.8 Å². The first-order chi connectivity index (χ1) is 10.8. The number of aromatic nitrogens is 1. The van der Waals surface area contributed by atoms with E-state index in [1.807, 2.05) is 0 Å². The van der Waals surface area contributed by atoms with Crippen LogP contribution in [0.15, 0.2) is 23.4 Å². The fourth-order valence-corrected chi connectivity index (χ4v) is 3.01. The van der Waals surface area contributed by atoms with Gasteiger partial charge in [-0.25, -0.2) is 4.98 Å². The lowest BCUT2D eigenvalue weighted by Gasteiger charge is -2.30. The van der Waals surface area contributed by atoms with E-state index in [1.54, 1.807) is 0 Å². The number of carbonyl (C=O) groups is 2. The number of aliphatic carboxylic acids is 1. The predicted molar refractivity (Wildman–Crippen MR) is 76.9 cm³/mol. The van der Waals surface area contributed by atoms with Crippen molar-refractivity contribution in [2.75, 3.05) is 18.8 Å². The lowest BCUT2D eigenvalue weighted by atomic mass is 9.98. The van der Waals surface area contributed by atoms with E-state index in [0.717, 1.165) is 24.0 Å². The van der Waals surface area contributed by atoms with Gasteiger partial charge in [-0.05, 0) is 25.0 Å². The highest BCUT2D eigenvalue weighted by atomic mass is 32.2. The molecule has 0 radical (unpaired) electrons. The van der Waals surface area contributed by atoms with Crippen molar-refractivity contribution in [3.63, 3.8) is 0 Å². The van der Waals surface area contributed by atoms with Crippen LogP contribution in [0.4, 0.5) is 13.2 Å². The minimum absolute atomic E-state index is 0.0186. The van der Waals surface area contributed by atoms with E-state index < -0.39 is 23.6 Å². The molecule has 1 aromatic rings. The highest BCUT2D eigenvalue weighted by Gasteiger charge is 2.31. The van der Waals surface area contributed by atoms with Crippen LogP contribution in [-0.2, 0) is 15.8 Å². The molecule has 1 fully saturated rings. The summed E-state index contributed by atoms with van der Waals surface area (Å²) in [6.45, 7) is 0.679. The zero-order chi connectivity index (χ0) is 17.0. The topological polar surface area (TPSA) is 70.5 Å². The molecule has 0 aliphatic carbocycles. The van der Waals surface area contributed by atoms with Crippen molar-refractivity contribution in [2.45, 2.75) is 24.0 Å². The fraction of sp³-hybridized carbons (Fsp3) is 0.500. The third kappa shape index (κ3) is 4.85. The Balaban J connectivity index is 1.88. The Morgan fingerprint density at radius 3 is 2.70 bits per heavy atom. The molecule has 1 atom stereocenters. The number of alkyl halides is 3. The van der Waals surface area contributed by atoms with Gasteiger partial charge in [0, 0.05) is 19.3 Å². The van der Waals surface area contributed by atoms with Gasteiger partial charge in [0.2, 0.25) is 5.91 Å². The monoisotopic (exact) mass is 348 g/mol. The zero-order valence-corrected chi connectivity index (χ0v) is 12.9. The van der Waals surface area contributed by atoms with Crippen molar-refractivity contribution in [2.24, 2.45) is 5.92 Å². The van der Waals surface area contributed by atoms with E-state index in [0.29, 0.717) is 24.4 Å². The van der Waals surface area contributed by atoms with E-state index in [9.17, 15) is 22.8 Å². The molecule has 0 bridgehead atoms. The Bertz CT molecular complexity index is 578. The highest BCUT2D eigenvalue weighted by molar-refractivity contribution is 7.99. The van der Waals surface area contributed by atoms with Crippen molar-refractivity contribution >= 4 is 23.6 Å². The molecule has 0 spiro atoms. The van der Waals surface area contributed by atoms with E-state index in [2.05, 4.69) is 4.98 Å². The van der Waals surface area contributed by atoms with Gasteiger partial charge in [-0.15, -0.1) is 0 Å². The molecule has 23 heavy (non-hydrogen) atoms. The first-order valence-corrected chi connectivity index (χ1v) is 7.92. The summed E-state index contributed by atoms with van der Waals surface area (Å²) in [6, 6.07) is 2.14. The summed E-state index contributed by atoms with van der Waals surface area (Å²) in [6.07, 6.45) is -2.53. The Hall–Kier alpha value is -1.77. The van der Waals surface area contributed by atoms with E-state index in [4.69, 9.17) is 5.11 Å². The summed E-state index contributed by atoms with van der Waals surface area (Å²) >= 11 is 1.03. The van der Waals surface area contributed by atoms with Crippen molar-refractivity contribution in [3.05, 3.63) is 23.9 Å². The van der Waals surface area contributed by atoms with Gasteiger partial charge < -0.3 is 10.0 Å². The Labute approximate surface area is 134 Å². The van der Waals surface area contributed by atoms with Gasteiger partial charge in [-0.3, -0.25) is 9.59 Å². The number of pyridine rings is 1. The molecule has 5 nitrogen and oxygen atoms in total. The van der Waals surface area contributed by atoms with Gasteiger partial charge in [0.1, 0.15) is 0 Å². The first kappa shape index (κ1) is 17.6. The van der Waals surface area contributed by atoms with Crippen molar-refractivity contribution in [3.8, 4) is 0 Å². The second-order valence-corrected chi connectivity index (χ2v) is 6.18. The van der Waals surface area contributed by atoms with Crippen LogP contribution in [0.5, 0.6) is 0 Å². The molecule has 126 valence electrons. The number of likely N-dealkylation sites (tertiary alicyclic amines) is 1. The number of piperidine rings is 1. The van der Waals surface area contributed by atoms with Crippen LogP contribution in [0.3, 0.4) is 0 Å². The van der Waals surface area contributed by atoms with E-state index >= 15 is 0 Å². The maximum atomic E-state index is 12.4. The highest BCUT2D eigenvalue weighted by Crippen LogP contribution is 2.29. The lowest BCUT2D eigenvalue weighted by molar-refractivity contribution is -0.145. The van der Waals surface area contributed by atoms with Gasteiger partial charge >= 0.3 is 12.1 Å². The molecule has 0 saturated carbocycles. The summed E-state index contributed by atoms with van der Waals surface area (Å²) in [5, 5.41) is 9.31. The standard InChI is InChI=1S/C14H15F3N2O3S/c15-14(16,17)10-3-4-11(18-6-10)23-8-12(20)19-5-1-2-9(7-19)13(21)22/h3-4,6,9H,1-2,5,7-8H2,(H,21,22)/t9-/m0/s1. The first-order valence-electron chi connectivity index (χ1n) is 6.94. The van der Waals surface area contributed by atoms with Gasteiger partial charge in [0.25, 0.3) is 0 Å². The third-order valence-electron chi connectivity index (χ3n) is 3.53. The SMILES string of the molecule is O=C(O)[C@H]1CCCN(C(=O)CSc2ccc(C(F)(F)F)cn2)C1. The van der Waals surface area contributed by atoms with Crippen molar-refractivity contribution in [1.29, 1.82) is 0 Å². The van der Waals surface area contributed by atoms with Gasteiger partial charge in [0.15, 0.2) is 0 Å². The predicted octanol–water partition coefficient (Wildman–Crippen LogP) is 2.52. The molecular weight excluding hydrogens is 333 g/mol. The number of thioether (sulfide) groups is 1. The van der Waals surface area contributed by atoms with Gasteiger partial charge in [0.05, 0.1) is 22.3 Å². The third-order valence-corrected chi connectivity index (χ3v) is 4.46. The van der Waals surface area contributed by atoms with E-state index in [-0.39, 0.29) is 18.2 Å². The molecule has 1 N–H and O–H groups in total. The van der Waals surface area contributed by atoms with Gasteiger partial charge in [-0.2, -0.15) is 13.2 Å². The largest absolute Gasteiger partial charge is 0.481 e. The number of carboxylic acid groups (broad SMARTS) is 1. The second kappa shape index (κ2) is 7.20. The maximum absolute atomic E-state index is 12.4. The molecule has 2 heterocycles. The average Bonchev–Trinajstić information content (AvgIpc) is 2.52. The normalized spacial score (nSPS) is 18.7. The molecule has 9 heteroatoms. The number of carboxylic acids is 1. The summed E-state index contributed by atoms with van der Waals surface area (Å²) in [4.78, 5) is 28.2.